The maximum atomic E-state index is 12.5. The third-order valence-corrected chi connectivity index (χ3v) is 5.45. The summed E-state index contributed by atoms with van der Waals surface area (Å²) in [5, 5.41) is 3.22. The Bertz CT molecular complexity index is 798. The number of Topliss-reactive ketones (excluding diaryl/α,β-unsaturated/α-hetero) is 1. The van der Waals surface area contributed by atoms with E-state index < -0.39 is 15.6 Å². The SMILES string of the molecule is O=C(CS(=O)(=O)c1ccc2c(c1)CNCC2)c1ccccc1. The molecule has 0 spiro atoms. The molecule has 0 fully saturated rings. The van der Waals surface area contributed by atoms with E-state index in [0.717, 1.165) is 18.5 Å². The van der Waals surface area contributed by atoms with Gasteiger partial charge in [0.2, 0.25) is 0 Å². The van der Waals surface area contributed by atoms with Gasteiger partial charge in [-0.05, 0) is 36.2 Å². The van der Waals surface area contributed by atoms with E-state index in [0.29, 0.717) is 12.1 Å². The fraction of sp³-hybridized carbons (Fsp3) is 0.235. The molecule has 1 heterocycles. The highest BCUT2D eigenvalue weighted by Crippen LogP contribution is 2.20. The van der Waals surface area contributed by atoms with Crippen molar-refractivity contribution in [2.45, 2.75) is 17.9 Å². The molecule has 0 amide bonds. The van der Waals surface area contributed by atoms with Gasteiger partial charge < -0.3 is 5.32 Å². The van der Waals surface area contributed by atoms with Crippen LogP contribution in [0.3, 0.4) is 0 Å². The lowest BCUT2D eigenvalue weighted by atomic mass is 10.0. The fourth-order valence-corrected chi connectivity index (χ4v) is 3.89. The summed E-state index contributed by atoms with van der Waals surface area (Å²) in [4.78, 5) is 12.4. The second-order valence-electron chi connectivity index (χ2n) is 5.41. The van der Waals surface area contributed by atoms with Gasteiger partial charge in [0.25, 0.3) is 0 Å². The Hall–Kier alpha value is -1.98. The van der Waals surface area contributed by atoms with Gasteiger partial charge in [-0.15, -0.1) is 0 Å². The molecular formula is C17H17NO3S. The maximum Gasteiger partial charge on any atom is 0.185 e. The highest BCUT2D eigenvalue weighted by Gasteiger charge is 2.22. The normalized spacial score (nSPS) is 14.4. The van der Waals surface area contributed by atoms with E-state index in [1.807, 2.05) is 6.07 Å². The van der Waals surface area contributed by atoms with E-state index in [9.17, 15) is 13.2 Å². The zero-order chi connectivity index (χ0) is 15.6. The van der Waals surface area contributed by atoms with Crippen LogP contribution >= 0.6 is 0 Å². The second kappa shape index (κ2) is 6.02. The molecule has 5 heteroatoms. The number of sulfone groups is 1. The molecular weight excluding hydrogens is 298 g/mol. The maximum absolute atomic E-state index is 12.5. The molecule has 0 radical (unpaired) electrons. The predicted octanol–water partition coefficient (Wildman–Crippen LogP) is 1.99. The number of ketones is 1. The van der Waals surface area contributed by atoms with E-state index >= 15 is 0 Å². The predicted molar refractivity (Wildman–Crippen MR) is 84.7 cm³/mol. The van der Waals surface area contributed by atoms with Crippen LogP contribution < -0.4 is 5.32 Å². The zero-order valence-corrected chi connectivity index (χ0v) is 12.9. The van der Waals surface area contributed by atoms with Gasteiger partial charge in [-0.25, -0.2) is 8.42 Å². The average molecular weight is 315 g/mol. The van der Waals surface area contributed by atoms with E-state index in [2.05, 4.69) is 5.32 Å². The minimum absolute atomic E-state index is 0.222. The molecule has 2 aromatic carbocycles. The number of carbonyl (C=O) groups is 1. The van der Waals surface area contributed by atoms with E-state index in [4.69, 9.17) is 0 Å². The standard InChI is InChI=1S/C17H17NO3S/c19-17(14-4-2-1-3-5-14)12-22(20,21)16-7-6-13-8-9-18-11-15(13)10-16/h1-7,10,18H,8-9,11-12H2. The van der Waals surface area contributed by atoms with Crippen LogP contribution in [0.2, 0.25) is 0 Å². The van der Waals surface area contributed by atoms with E-state index in [1.165, 1.54) is 5.56 Å². The number of rotatable bonds is 4. The van der Waals surface area contributed by atoms with E-state index in [1.54, 1.807) is 42.5 Å². The summed E-state index contributed by atoms with van der Waals surface area (Å²) in [6, 6.07) is 13.7. The summed E-state index contributed by atoms with van der Waals surface area (Å²) in [7, 11) is -3.62. The van der Waals surface area contributed by atoms with Crippen LogP contribution in [0.4, 0.5) is 0 Å². The Kier molecular flexibility index (Phi) is 4.09. The Morgan fingerprint density at radius 2 is 1.82 bits per heavy atom. The van der Waals surface area contributed by atoms with Gasteiger partial charge >= 0.3 is 0 Å². The first-order valence-corrected chi connectivity index (χ1v) is 8.85. The molecule has 4 nitrogen and oxygen atoms in total. The summed E-state index contributed by atoms with van der Waals surface area (Å²) in [6.07, 6.45) is 0.901. The summed E-state index contributed by atoms with van der Waals surface area (Å²) in [5.74, 6) is -0.875. The molecule has 1 aliphatic rings. The van der Waals surface area contributed by atoms with Crippen molar-refractivity contribution in [1.82, 2.24) is 5.32 Å². The van der Waals surface area contributed by atoms with Crippen molar-refractivity contribution in [3.63, 3.8) is 0 Å². The van der Waals surface area contributed by atoms with Crippen LogP contribution in [0.25, 0.3) is 0 Å². The monoisotopic (exact) mass is 315 g/mol. The van der Waals surface area contributed by atoms with Gasteiger partial charge in [-0.2, -0.15) is 0 Å². The lowest BCUT2D eigenvalue weighted by Gasteiger charge is -2.17. The summed E-state index contributed by atoms with van der Waals surface area (Å²) in [6.45, 7) is 1.58. The molecule has 0 saturated carbocycles. The van der Waals surface area contributed by atoms with Crippen molar-refractivity contribution in [3.05, 3.63) is 65.2 Å². The first-order valence-electron chi connectivity index (χ1n) is 7.20. The molecule has 0 aromatic heterocycles. The highest BCUT2D eigenvalue weighted by atomic mass is 32.2. The molecule has 1 aliphatic heterocycles. The first kappa shape index (κ1) is 14.9. The fourth-order valence-electron chi connectivity index (χ4n) is 2.61. The van der Waals surface area contributed by atoms with Gasteiger partial charge in [0.15, 0.2) is 15.6 Å². The zero-order valence-electron chi connectivity index (χ0n) is 12.1. The van der Waals surface area contributed by atoms with Crippen molar-refractivity contribution in [3.8, 4) is 0 Å². The van der Waals surface area contributed by atoms with Crippen molar-refractivity contribution in [2.75, 3.05) is 12.3 Å². The lowest BCUT2D eigenvalue weighted by molar-refractivity contribution is 0.102. The third-order valence-electron chi connectivity index (χ3n) is 3.84. The molecule has 0 bridgehead atoms. The van der Waals surface area contributed by atoms with Crippen molar-refractivity contribution in [1.29, 1.82) is 0 Å². The van der Waals surface area contributed by atoms with Gasteiger partial charge in [0, 0.05) is 12.1 Å². The average Bonchev–Trinajstić information content (AvgIpc) is 2.55. The van der Waals surface area contributed by atoms with Gasteiger partial charge in [0.1, 0.15) is 5.75 Å². The molecule has 3 rings (SSSR count). The number of nitrogens with one attached hydrogen (secondary N) is 1. The molecule has 0 unspecified atom stereocenters. The van der Waals surface area contributed by atoms with Crippen molar-refractivity contribution in [2.24, 2.45) is 0 Å². The van der Waals surface area contributed by atoms with Crippen LogP contribution in [0.5, 0.6) is 0 Å². The quantitative estimate of drug-likeness (QED) is 0.877. The lowest BCUT2D eigenvalue weighted by Crippen LogP contribution is -2.24. The Morgan fingerprint density at radius 3 is 2.59 bits per heavy atom. The van der Waals surface area contributed by atoms with Gasteiger partial charge in [-0.1, -0.05) is 36.4 Å². The first-order chi connectivity index (χ1) is 10.6. The van der Waals surface area contributed by atoms with Crippen LogP contribution in [0.1, 0.15) is 21.5 Å². The van der Waals surface area contributed by atoms with Gasteiger partial charge in [0.05, 0.1) is 4.90 Å². The van der Waals surface area contributed by atoms with Crippen LogP contribution in [0, 0.1) is 0 Å². The van der Waals surface area contributed by atoms with Crippen molar-refractivity contribution < 1.29 is 13.2 Å². The highest BCUT2D eigenvalue weighted by molar-refractivity contribution is 7.92. The van der Waals surface area contributed by atoms with Crippen LogP contribution in [-0.2, 0) is 22.8 Å². The Balaban J connectivity index is 1.85. The van der Waals surface area contributed by atoms with Crippen LogP contribution in [-0.4, -0.2) is 26.5 Å². The summed E-state index contributed by atoms with van der Waals surface area (Å²) < 4.78 is 24.9. The topological polar surface area (TPSA) is 63.2 Å². The van der Waals surface area contributed by atoms with Gasteiger partial charge in [-0.3, -0.25) is 4.79 Å². The van der Waals surface area contributed by atoms with Crippen LogP contribution in [0.15, 0.2) is 53.4 Å². The second-order valence-corrected chi connectivity index (χ2v) is 7.40. The molecule has 0 atom stereocenters. The molecule has 22 heavy (non-hydrogen) atoms. The van der Waals surface area contributed by atoms with E-state index in [-0.39, 0.29) is 10.7 Å². The largest absolute Gasteiger partial charge is 0.312 e. The smallest absolute Gasteiger partial charge is 0.185 e. The number of carbonyl (C=O) groups excluding carboxylic acids is 1. The minimum Gasteiger partial charge on any atom is -0.312 e. The summed E-state index contributed by atoms with van der Waals surface area (Å²) in [5.41, 5.74) is 2.59. The molecule has 2 aromatic rings. The number of hydrogen-bond donors (Lipinski definition) is 1. The molecule has 114 valence electrons. The number of hydrogen-bond acceptors (Lipinski definition) is 4. The molecule has 0 saturated heterocycles. The Labute approximate surface area is 130 Å². The molecule has 1 N–H and O–H groups in total. The molecule has 0 aliphatic carbocycles. The minimum atomic E-state index is -3.62. The number of benzene rings is 2. The Morgan fingerprint density at radius 1 is 1.05 bits per heavy atom. The van der Waals surface area contributed by atoms with Crippen molar-refractivity contribution >= 4 is 15.6 Å². The third kappa shape index (κ3) is 3.10. The summed E-state index contributed by atoms with van der Waals surface area (Å²) >= 11 is 0. The number of fused-ring (bicyclic) bond motifs is 1.